The second-order valence-electron chi connectivity index (χ2n) is 7.17. The molecule has 29 heavy (non-hydrogen) atoms. The Balaban J connectivity index is 1.39. The summed E-state index contributed by atoms with van der Waals surface area (Å²) in [6.07, 6.45) is 6.20. The second kappa shape index (κ2) is 8.69. The molecule has 0 fully saturated rings. The van der Waals surface area contributed by atoms with Gasteiger partial charge in [-0.15, -0.1) is 0 Å². The third kappa shape index (κ3) is 4.51. The highest BCUT2D eigenvalue weighted by atomic mass is 16.2. The SMILES string of the molecule is O=C(CCCc1ccccc1)Nc1ccc2c(c1)N(C(=O)c1ccncc1)CC2. The van der Waals surface area contributed by atoms with Gasteiger partial charge in [0.2, 0.25) is 5.91 Å². The number of aryl methyl sites for hydroxylation is 1. The highest BCUT2D eigenvalue weighted by Gasteiger charge is 2.26. The molecule has 4 rings (SSSR count). The number of fused-ring (bicyclic) bond motifs is 1. The number of hydrogen-bond donors (Lipinski definition) is 1. The van der Waals surface area contributed by atoms with Crippen LogP contribution in [0.15, 0.2) is 73.1 Å². The number of anilines is 2. The number of nitrogens with zero attached hydrogens (tertiary/aromatic N) is 2. The van der Waals surface area contributed by atoms with E-state index in [1.165, 1.54) is 5.56 Å². The van der Waals surface area contributed by atoms with Gasteiger partial charge in [0.25, 0.3) is 5.91 Å². The predicted molar refractivity (Wildman–Crippen MR) is 114 cm³/mol. The molecule has 0 saturated carbocycles. The monoisotopic (exact) mass is 385 g/mol. The van der Waals surface area contributed by atoms with E-state index in [9.17, 15) is 9.59 Å². The zero-order chi connectivity index (χ0) is 20.1. The molecule has 2 amide bonds. The molecule has 0 radical (unpaired) electrons. The van der Waals surface area contributed by atoms with Gasteiger partial charge < -0.3 is 10.2 Å². The van der Waals surface area contributed by atoms with Crippen molar-refractivity contribution in [1.82, 2.24) is 4.98 Å². The number of benzene rings is 2. The first kappa shape index (κ1) is 18.9. The maximum Gasteiger partial charge on any atom is 0.258 e. The van der Waals surface area contributed by atoms with Crippen LogP contribution in [0.5, 0.6) is 0 Å². The van der Waals surface area contributed by atoms with Crippen LogP contribution in [0.25, 0.3) is 0 Å². The molecule has 0 saturated heterocycles. The van der Waals surface area contributed by atoms with Gasteiger partial charge >= 0.3 is 0 Å². The van der Waals surface area contributed by atoms with E-state index in [1.54, 1.807) is 29.4 Å². The highest BCUT2D eigenvalue weighted by Crippen LogP contribution is 2.32. The Kier molecular flexibility index (Phi) is 5.66. The van der Waals surface area contributed by atoms with Gasteiger partial charge in [-0.1, -0.05) is 36.4 Å². The van der Waals surface area contributed by atoms with Crippen LogP contribution >= 0.6 is 0 Å². The van der Waals surface area contributed by atoms with Crippen LogP contribution in [0.4, 0.5) is 11.4 Å². The van der Waals surface area contributed by atoms with E-state index in [0.717, 1.165) is 36.2 Å². The molecule has 0 unspecified atom stereocenters. The molecule has 0 aliphatic carbocycles. The second-order valence-corrected chi connectivity index (χ2v) is 7.17. The summed E-state index contributed by atoms with van der Waals surface area (Å²) in [5.41, 5.74) is 4.57. The minimum atomic E-state index is -0.0440. The first-order valence-corrected chi connectivity index (χ1v) is 9.89. The molecule has 1 aromatic heterocycles. The third-order valence-corrected chi connectivity index (χ3v) is 5.15. The summed E-state index contributed by atoms with van der Waals surface area (Å²) in [5.74, 6) is -0.0524. The third-order valence-electron chi connectivity index (χ3n) is 5.15. The summed E-state index contributed by atoms with van der Waals surface area (Å²) in [6, 6.07) is 19.4. The number of nitrogens with one attached hydrogen (secondary N) is 1. The predicted octanol–water partition coefficient (Wildman–Crippen LogP) is 4.25. The Morgan fingerprint density at radius 3 is 2.59 bits per heavy atom. The van der Waals surface area contributed by atoms with Gasteiger partial charge in [0.05, 0.1) is 0 Å². The topological polar surface area (TPSA) is 62.3 Å². The maximum atomic E-state index is 12.8. The number of carbonyl (C=O) groups excluding carboxylic acids is 2. The fourth-order valence-electron chi connectivity index (χ4n) is 3.64. The van der Waals surface area contributed by atoms with Crippen molar-refractivity contribution in [2.75, 3.05) is 16.8 Å². The van der Waals surface area contributed by atoms with Crippen LogP contribution < -0.4 is 10.2 Å². The van der Waals surface area contributed by atoms with Gasteiger partial charge in [0, 0.05) is 42.3 Å². The van der Waals surface area contributed by atoms with Gasteiger partial charge in [-0.2, -0.15) is 0 Å². The molecule has 0 bridgehead atoms. The van der Waals surface area contributed by atoms with Crippen molar-refractivity contribution >= 4 is 23.2 Å². The Labute approximate surface area is 170 Å². The Hall–Kier alpha value is -3.47. The molecule has 1 aliphatic rings. The first-order valence-electron chi connectivity index (χ1n) is 9.89. The molecular weight excluding hydrogens is 362 g/mol. The molecule has 1 aliphatic heterocycles. The first-order chi connectivity index (χ1) is 14.2. The summed E-state index contributed by atoms with van der Waals surface area (Å²) >= 11 is 0. The molecular formula is C24H23N3O2. The summed E-state index contributed by atoms with van der Waals surface area (Å²) in [6.45, 7) is 0.644. The average molecular weight is 385 g/mol. The van der Waals surface area contributed by atoms with Crippen LogP contribution in [0.1, 0.15) is 34.3 Å². The lowest BCUT2D eigenvalue weighted by atomic mass is 10.1. The van der Waals surface area contributed by atoms with E-state index in [-0.39, 0.29) is 11.8 Å². The van der Waals surface area contributed by atoms with E-state index in [4.69, 9.17) is 0 Å². The van der Waals surface area contributed by atoms with Gasteiger partial charge in [0.15, 0.2) is 0 Å². The Bertz CT molecular complexity index is 1000. The number of pyridine rings is 1. The molecule has 2 aromatic carbocycles. The fraction of sp³-hybridized carbons (Fsp3) is 0.208. The van der Waals surface area contributed by atoms with Crippen LogP contribution in [-0.4, -0.2) is 23.3 Å². The lowest BCUT2D eigenvalue weighted by Crippen LogP contribution is -2.28. The fourth-order valence-corrected chi connectivity index (χ4v) is 3.64. The molecule has 0 spiro atoms. The van der Waals surface area contributed by atoms with Gasteiger partial charge in [-0.05, 0) is 54.7 Å². The van der Waals surface area contributed by atoms with Crippen molar-refractivity contribution in [2.24, 2.45) is 0 Å². The number of aromatic nitrogens is 1. The van der Waals surface area contributed by atoms with E-state index >= 15 is 0 Å². The van der Waals surface area contributed by atoms with Crippen LogP contribution in [0.2, 0.25) is 0 Å². The number of amides is 2. The van der Waals surface area contributed by atoms with Crippen molar-refractivity contribution in [2.45, 2.75) is 25.7 Å². The largest absolute Gasteiger partial charge is 0.326 e. The molecule has 146 valence electrons. The number of hydrogen-bond acceptors (Lipinski definition) is 3. The Morgan fingerprint density at radius 2 is 1.79 bits per heavy atom. The molecule has 5 nitrogen and oxygen atoms in total. The van der Waals surface area contributed by atoms with Gasteiger partial charge in [-0.25, -0.2) is 0 Å². The normalized spacial score (nSPS) is 12.5. The zero-order valence-corrected chi connectivity index (χ0v) is 16.2. The lowest BCUT2D eigenvalue weighted by molar-refractivity contribution is -0.116. The van der Waals surface area contributed by atoms with Crippen molar-refractivity contribution in [3.05, 3.63) is 89.7 Å². The minimum Gasteiger partial charge on any atom is -0.326 e. The van der Waals surface area contributed by atoms with Crippen LogP contribution in [0.3, 0.4) is 0 Å². The van der Waals surface area contributed by atoms with Crippen molar-refractivity contribution in [1.29, 1.82) is 0 Å². The average Bonchev–Trinajstić information content (AvgIpc) is 3.18. The van der Waals surface area contributed by atoms with Crippen molar-refractivity contribution < 1.29 is 9.59 Å². The molecule has 3 aromatic rings. The summed E-state index contributed by atoms with van der Waals surface area (Å²) < 4.78 is 0. The maximum absolute atomic E-state index is 12.8. The lowest BCUT2D eigenvalue weighted by Gasteiger charge is -2.18. The van der Waals surface area contributed by atoms with E-state index in [1.807, 2.05) is 36.4 Å². The number of carbonyl (C=O) groups is 2. The van der Waals surface area contributed by atoms with Gasteiger partial charge in [-0.3, -0.25) is 14.6 Å². The highest BCUT2D eigenvalue weighted by molar-refractivity contribution is 6.07. The summed E-state index contributed by atoms with van der Waals surface area (Å²) in [5, 5.41) is 2.97. The molecule has 5 heteroatoms. The van der Waals surface area contributed by atoms with E-state index in [0.29, 0.717) is 18.5 Å². The van der Waals surface area contributed by atoms with Crippen molar-refractivity contribution in [3.63, 3.8) is 0 Å². The summed E-state index contributed by atoms with van der Waals surface area (Å²) in [4.78, 5) is 30.9. The quantitative estimate of drug-likeness (QED) is 0.690. The van der Waals surface area contributed by atoms with E-state index < -0.39 is 0 Å². The smallest absolute Gasteiger partial charge is 0.258 e. The molecule has 2 heterocycles. The van der Waals surface area contributed by atoms with Crippen molar-refractivity contribution in [3.8, 4) is 0 Å². The molecule has 0 atom stereocenters. The molecule has 1 N–H and O–H groups in total. The zero-order valence-electron chi connectivity index (χ0n) is 16.2. The minimum absolute atomic E-state index is 0.00844. The standard InChI is InChI=1S/C24H23N3O2/c28-23(8-4-7-18-5-2-1-3-6-18)26-21-10-9-19-13-16-27(22(19)17-21)24(29)20-11-14-25-15-12-20/h1-3,5-6,9-12,14-15,17H,4,7-8,13,16H2,(H,26,28). The van der Waals surface area contributed by atoms with Crippen LogP contribution in [-0.2, 0) is 17.6 Å². The Morgan fingerprint density at radius 1 is 1.00 bits per heavy atom. The van der Waals surface area contributed by atoms with E-state index in [2.05, 4.69) is 22.4 Å². The summed E-state index contributed by atoms with van der Waals surface area (Å²) in [7, 11) is 0. The van der Waals surface area contributed by atoms with Crippen LogP contribution in [0, 0.1) is 0 Å². The number of rotatable bonds is 6. The van der Waals surface area contributed by atoms with Gasteiger partial charge in [0.1, 0.15) is 0 Å².